The average molecular weight is 520 g/mol. The molecule has 11 nitrogen and oxygen atoms in total. The fourth-order valence-corrected chi connectivity index (χ4v) is 6.64. The summed E-state index contributed by atoms with van der Waals surface area (Å²) >= 11 is 0. The summed E-state index contributed by atoms with van der Waals surface area (Å²) in [6.45, 7) is 7.85. The van der Waals surface area contributed by atoms with Crippen LogP contribution >= 0.6 is 0 Å². The summed E-state index contributed by atoms with van der Waals surface area (Å²) in [5.74, 6) is -0.620. The summed E-state index contributed by atoms with van der Waals surface area (Å²) in [6.07, 6.45) is 5.56. The normalized spacial score (nSPS) is 32.4. The fraction of sp³-hybridized carbons (Fsp3) is 0.556. The number of fused-ring (bicyclic) bond motifs is 2. The second-order valence-corrected chi connectivity index (χ2v) is 11.2. The van der Waals surface area contributed by atoms with Gasteiger partial charge in [0.15, 0.2) is 29.0 Å². The van der Waals surface area contributed by atoms with E-state index in [1.165, 1.54) is 25.6 Å². The number of rotatable bonds is 5. The first kappa shape index (κ1) is 24.1. The molecule has 3 aromatic rings. The van der Waals surface area contributed by atoms with Crippen molar-refractivity contribution in [2.24, 2.45) is 0 Å². The molecule has 2 N–H and O–H groups in total. The highest BCUT2D eigenvalue weighted by Gasteiger charge is 2.57. The number of hydrogen-bond acceptors (Lipinski definition) is 9. The zero-order valence-electron chi connectivity index (χ0n) is 21.7. The number of likely N-dealkylation sites (tertiary alicyclic amines) is 1. The number of nitrogens with zero attached hydrogens (tertiary/aromatic N) is 5. The minimum Gasteiger partial charge on any atom is -0.348 e. The van der Waals surface area contributed by atoms with E-state index in [2.05, 4.69) is 30.5 Å². The molecule has 1 aromatic carbocycles. The van der Waals surface area contributed by atoms with Gasteiger partial charge in [-0.1, -0.05) is 18.2 Å². The third kappa shape index (κ3) is 4.00. The van der Waals surface area contributed by atoms with E-state index in [-0.39, 0.29) is 29.8 Å². The van der Waals surface area contributed by atoms with Crippen molar-refractivity contribution in [3.63, 3.8) is 0 Å². The summed E-state index contributed by atoms with van der Waals surface area (Å²) in [4.78, 5) is 28.8. The van der Waals surface area contributed by atoms with Gasteiger partial charge < -0.3 is 24.8 Å². The van der Waals surface area contributed by atoms with Gasteiger partial charge in [-0.3, -0.25) is 14.3 Å². The number of ether oxygens (including phenoxy) is 3. The molecule has 11 heteroatoms. The van der Waals surface area contributed by atoms with Crippen molar-refractivity contribution in [1.29, 1.82) is 0 Å². The van der Waals surface area contributed by atoms with E-state index in [0.717, 1.165) is 26.2 Å². The van der Waals surface area contributed by atoms with Crippen LogP contribution in [0.2, 0.25) is 0 Å². The molecule has 5 atom stereocenters. The van der Waals surface area contributed by atoms with Crippen LogP contribution in [0.5, 0.6) is 0 Å². The molecule has 6 heterocycles. The Morgan fingerprint density at radius 2 is 1.97 bits per heavy atom. The van der Waals surface area contributed by atoms with Gasteiger partial charge in [0, 0.05) is 24.2 Å². The molecule has 0 radical (unpaired) electrons. The first-order chi connectivity index (χ1) is 18.4. The molecule has 4 aliphatic heterocycles. The average Bonchev–Trinajstić information content (AvgIpc) is 3.73. The number of amides is 1. The van der Waals surface area contributed by atoms with E-state index in [9.17, 15) is 4.79 Å². The van der Waals surface area contributed by atoms with Gasteiger partial charge >= 0.3 is 0 Å². The van der Waals surface area contributed by atoms with E-state index >= 15 is 0 Å². The summed E-state index contributed by atoms with van der Waals surface area (Å²) < 4.78 is 21.4. The molecule has 0 bridgehead atoms. The van der Waals surface area contributed by atoms with Crippen LogP contribution in [-0.2, 0) is 14.2 Å². The third-order valence-corrected chi connectivity index (χ3v) is 8.39. The molecule has 7 rings (SSSR count). The standard InChI is InChI=1S/C27H33N7O4/c1-26(2)37-20-18(13-33-12-6-9-27(33)10-11-28-14-27)36-25(21(20)38-26)34-16-31-19-22(29-15-30-23(19)34)32-24(35)17-7-4-3-5-8-17/h3-5,7-8,15-16,18,20-21,25,28H,6,9-14H2,1-2H3,(H,29,30,32,35)/t18-,20-,21-,25-,27?/m1/s1. The smallest absolute Gasteiger partial charge is 0.256 e. The minimum absolute atomic E-state index is 0.154. The summed E-state index contributed by atoms with van der Waals surface area (Å²) in [5, 5.41) is 6.43. The van der Waals surface area contributed by atoms with Crippen molar-refractivity contribution in [2.45, 2.75) is 69.0 Å². The number of aromatic nitrogens is 4. The largest absolute Gasteiger partial charge is 0.348 e. The van der Waals surface area contributed by atoms with Crippen molar-refractivity contribution in [3.8, 4) is 0 Å². The van der Waals surface area contributed by atoms with Gasteiger partial charge in [0.25, 0.3) is 5.91 Å². The molecular formula is C27H33N7O4. The Morgan fingerprint density at radius 1 is 1.13 bits per heavy atom. The third-order valence-electron chi connectivity index (χ3n) is 8.39. The number of imidazole rings is 1. The van der Waals surface area contributed by atoms with E-state index in [0.29, 0.717) is 22.5 Å². The molecule has 1 unspecified atom stereocenters. The van der Waals surface area contributed by atoms with Crippen LogP contribution in [0.25, 0.3) is 11.2 Å². The van der Waals surface area contributed by atoms with Crippen LogP contribution in [0.1, 0.15) is 49.7 Å². The second-order valence-electron chi connectivity index (χ2n) is 11.2. The minimum atomic E-state index is -0.715. The van der Waals surface area contributed by atoms with Crippen LogP contribution in [0.4, 0.5) is 5.82 Å². The van der Waals surface area contributed by atoms with Gasteiger partial charge in [-0.25, -0.2) is 15.0 Å². The zero-order valence-corrected chi connectivity index (χ0v) is 21.7. The molecule has 0 aliphatic carbocycles. The molecule has 4 saturated heterocycles. The van der Waals surface area contributed by atoms with Crippen molar-refractivity contribution in [3.05, 3.63) is 48.5 Å². The van der Waals surface area contributed by atoms with Crippen molar-refractivity contribution in [1.82, 2.24) is 29.7 Å². The van der Waals surface area contributed by atoms with E-state index < -0.39 is 12.0 Å². The fourth-order valence-electron chi connectivity index (χ4n) is 6.64. The van der Waals surface area contributed by atoms with Gasteiger partial charge in [0.1, 0.15) is 24.6 Å². The maximum atomic E-state index is 12.8. The van der Waals surface area contributed by atoms with Gasteiger partial charge in [-0.2, -0.15) is 0 Å². The molecule has 38 heavy (non-hydrogen) atoms. The molecule has 1 amide bonds. The topological polar surface area (TPSA) is 116 Å². The molecule has 4 fully saturated rings. The monoisotopic (exact) mass is 519 g/mol. The first-order valence-corrected chi connectivity index (χ1v) is 13.4. The van der Waals surface area contributed by atoms with Gasteiger partial charge in [0.2, 0.25) is 0 Å². The van der Waals surface area contributed by atoms with Gasteiger partial charge in [-0.15, -0.1) is 0 Å². The molecular weight excluding hydrogens is 486 g/mol. The number of carbonyl (C=O) groups is 1. The molecule has 200 valence electrons. The Labute approximate surface area is 220 Å². The van der Waals surface area contributed by atoms with E-state index in [1.54, 1.807) is 18.5 Å². The SMILES string of the molecule is CC1(C)O[C@@H]2[C@H](O1)[C@@H](CN1CCCC13CCNC3)O[C@H]2n1cnc2c(NC(=O)c3ccccc3)ncnc21. The Hall–Kier alpha value is -2.96. The maximum absolute atomic E-state index is 12.8. The van der Waals surface area contributed by atoms with Crippen molar-refractivity contribution >= 4 is 22.9 Å². The number of benzene rings is 1. The Kier molecular flexibility index (Phi) is 5.75. The van der Waals surface area contributed by atoms with Crippen LogP contribution < -0.4 is 10.6 Å². The number of carbonyl (C=O) groups excluding carboxylic acids is 1. The summed E-state index contributed by atoms with van der Waals surface area (Å²) in [6, 6.07) is 9.02. The zero-order chi connectivity index (χ0) is 25.9. The maximum Gasteiger partial charge on any atom is 0.256 e. The second kappa shape index (κ2) is 9.06. The molecule has 4 aliphatic rings. The molecule has 1 spiro atoms. The lowest BCUT2D eigenvalue weighted by molar-refractivity contribution is -0.198. The van der Waals surface area contributed by atoms with Crippen LogP contribution in [0.15, 0.2) is 43.0 Å². The van der Waals surface area contributed by atoms with E-state index in [1.807, 2.05) is 36.6 Å². The van der Waals surface area contributed by atoms with Gasteiger partial charge in [-0.05, 0) is 58.3 Å². The van der Waals surface area contributed by atoms with Crippen molar-refractivity contribution in [2.75, 3.05) is 31.5 Å². The Morgan fingerprint density at radius 3 is 2.79 bits per heavy atom. The Bertz CT molecular complexity index is 1330. The van der Waals surface area contributed by atoms with Crippen molar-refractivity contribution < 1.29 is 19.0 Å². The lowest BCUT2D eigenvalue weighted by atomic mass is 9.94. The van der Waals surface area contributed by atoms with Crippen LogP contribution in [0, 0.1) is 0 Å². The highest BCUT2D eigenvalue weighted by atomic mass is 16.8. The first-order valence-electron chi connectivity index (χ1n) is 13.4. The summed E-state index contributed by atoms with van der Waals surface area (Å²) in [7, 11) is 0. The lowest BCUT2D eigenvalue weighted by Crippen LogP contribution is -2.50. The number of hydrogen-bond donors (Lipinski definition) is 2. The molecule has 2 aromatic heterocycles. The predicted molar refractivity (Wildman–Crippen MR) is 138 cm³/mol. The molecule has 0 saturated carbocycles. The lowest BCUT2D eigenvalue weighted by Gasteiger charge is -2.37. The summed E-state index contributed by atoms with van der Waals surface area (Å²) in [5.41, 5.74) is 1.82. The number of anilines is 1. The van der Waals surface area contributed by atoms with Crippen LogP contribution in [-0.4, -0.2) is 86.1 Å². The Balaban J connectivity index is 1.17. The quantitative estimate of drug-likeness (QED) is 0.524. The van der Waals surface area contributed by atoms with Gasteiger partial charge in [0.05, 0.1) is 6.33 Å². The highest BCUT2D eigenvalue weighted by Crippen LogP contribution is 2.45. The van der Waals surface area contributed by atoms with Crippen LogP contribution in [0.3, 0.4) is 0 Å². The number of nitrogens with one attached hydrogen (secondary N) is 2. The van der Waals surface area contributed by atoms with E-state index in [4.69, 9.17) is 14.2 Å². The highest BCUT2D eigenvalue weighted by molar-refractivity contribution is 6.06. The predicted octanol–water partition coefficient (Wildman–Crippen LogP) is 2.32.